The summed E-state index contributed by atoms with van der Waals surface area (Å²) in [6.45, 7) is 2.95. The van der Waals surface area contributed by atoms with E-state index in [1.165, 1.54) is 5.56 Å². The van der Waals surface area contributed by atoms with E-state index < -0.39 is 0 Å². The zero-order chi connectivity index (χ0) is 17.9. The SMILES string of the molecule is Cc1cc(N(C)CCCC2CC(c3ccccc3)NN2)n2ncnc2n1. The first-order chi connectivity index (χ1) is 12.7. The number of aryl methyl sites for hydroxylation is 1. The minimum Gasteiger partial charge on any atom is -0.359 e. The van der Waals surface area contributed by atoms with Crippen molar-refractivity contribution in [3.05, 3.63) is 54.0 Å². The number of fused-ring (bicyclic) bond motifs is 1. The largest absolute Gasteiger partial charge is 0.359 e. The molecule has 2 unspecified atom stereocenters. The Kier molecular flexibility index (Phi) is 4.81. The smallest absolute Gasteiger partial charge is 0.254 e. The Morgan fingerprint density at radius 2 is 2.08 bits per heavy atom. The van der Waals surface area contributed by atoms with Crippen LogP contribution in [0.5, 0.6) is 0 Å². The molecule has 3 aromatic rings. The van der Waals surface area contributed by atoms with Gasteiger partial charge in [0.2, 0.25) is 0 Å². The zero-order valence-corrected chi connectivity index (χ0v) is 15.3. The lowest BCUT2D eigenvalue weighted by molar-refractivity contribution is 0.502. The van der Waals surface area contributed by atoms with Crippen molar-refractivity contribution in [3.63, 3.8) is 0 Å². The highest BCUT2D eigenvalue weighted by atomic mass is 15.4. The molecule has 0 saturated carbocycles. The average Bonchev–Trinajstić information content (AvgIpc) is 3.31. The van der Waals surface area contributed by atoms with E-state index in [4.69, 9.17) is 0 Å². The van der Waals surface area contributed by atoms with Crippen LogP contribution < -0.4 is 15.8 Å². The van der Waals surface area contributed by atoms with Crippen LogP contribution in [0, 0.1) is 6.92 Å². The molecular weight excluding hydrogens is 326 g/mol. The van der Waals surface area contributed by atoms with Crippen molar-refractivity contribution in [2.75, 3.05) is 18.5 Å². The van der Waals surface area contributed by atoms with Crippen LogP contribution in [0.2, 0.25) is 0 Å². The number of hydrazine groups is 1. The van der Waals surface area contributed by atoms with E-state index in [9.17, 15) is 0 Å². The summed E-state index contributed by atoms with van der Waals surface area (Å²) in [6, 6.07) is 13.6. The Balaban J connectivity index is 1.31. The standard InChI is InChI=1S/C19H25N7/c1-14-11-18(26-19(22-14)20-13-21-26)25(2)10-6-9-16-12-17(24-23-16)15-7-4-3-5-8-15/h3-5,7-8,11,13,16-17,23-24H,6,9-10,12H2,1-2H3. The molecule has 0 spiro atoms. The van der Waals surface area contributed by atoms with Gasteiger partial charge in [0, 0.05) is 37.4 Å². The third kappa shape index (κ3) is 3.54. The first-order valence-electron chi connectivity index (χ1n) is 9.15. The molecule has 7 nitrogen and oxygen atoms in total. The predicted octanol–water partition coefficient (Wildman–Crippen LogP) is 2.26. The molecule has 1 saturated heterocycles. The number of nitrogens with zero attached hydrogens (tertiary/aromatic N) is 5. The number of aromatic nitrogens is 4. The van der Waals surface area contributed by atoms with Gasteiger partial charge in [-0.15, -0.1) is 0 Å². The van der Waals surface area contributed by atoms with Crippen molar-refractivity contribution in [2.45, 2.75) is 38.3 Å². The maximum absolute atomic E-state index is 4.40. The van der Waals surface area contributed by atoms with E-state index in [1.807, 2.05) is 6.92 Å². The van der Waals surface area contributed by atoms with Gasteiger partial charge in [-0.05, 0) is 31.7 Å². The number of hydrogen-bond donors (Lipinski definition) is 2. The van der Waals surface area contributed by atoms with Crippen LogP contribution in [0.15, 0.2) is 42.7 Å². The lowest BCUT2D eigenvalue weighted by Crippen LogP contribution is -2.31. The fourth-order valence-electron chi connectivity index (χ4n) is 3.59. The van der Waals surface area contributed by atoms with Crippen LogP contribution in [0.4, 0.5) is 5.82 Å². The third-order valence-corrected chi connectivity index (χ3v) is 4.98. The molecule has 1 aliphatic heterocycles. The monoisotopic (exact) mass is 351 g/mol. The molecule has 136 valence electrons. The van der Waals surface area contributed by atoms with Crippen LogP contribution >= 0.6 is 0 Å². The molecule has 4 rings (SSSR count). The van der Waals surface area contributed by atoms with Crippen molar-refractivity contribution < 1.29 is 0 Å². The van der Waals surface area contributed by atoms with Gasteiger partial charge in [-0.25, -0.2) is 4.98 Å². The highest BCUT2D eigenvalue weighted by Crippen LogP contribution is 2.24. The molecule has 0 radical (unpaired) electrons. The normalized spacial score (nSPS) is 19.9. The average molecular weight is 351 g/mol. The second-order valence-corrected chi connectivity index (χ2v) is 6.98. The lowest BCUT2D eigenvalue weighted by atomic mass is 10.00. The fraction of sp³-hybridized carbons (Fsp3) is 0.421. The molecule has 1 aliphatic rings. The Bertz CT molecular complexity index is 861. The number of hydrogen-bond acceptors (Lipinski definition) is 6. The number of nitrogens with one attached hydrogen (secondary N) is 2. The summed E-state index contributed by atoms with van der Waals surface area (Å²) in [5, 5.41) is 4.29. The summed E-state index contributed by atoms with van der Waals surface area (Å²) in [7, 11) is 2.10. The molecule has 1 aromatic carbocycles. The van der Waals surface area contributed by atoms with E-state index in [2.05, 4.69) is 74.3 Å². The van der Waals surface area contributed by atoms with Crippen molar-refractivity contribution in [2.24, 2.45) is 0 Å². The Hall–Kier alpha value is -2.51. The number of benzene rings is 1. The van der Waals surface area contributed by atoms with Crippen LogP contribution in [-0.2, 0) is 0 Å². The van der Waals surface area contributed by atoms with E-state index in [1.54, 1.807) is 10.8 Å². The highest BCUT2D eigenvalue weighted by molar-refractivity contribution is 5.46. The van der Waals surface area contributed by atoms with Crippen LogP contribution in [0.3, 0.4) is 0 Å². The molecule has 2 aromatic heterocycles. The summed E-state index contributed by atoms with van der Waals surface area (Å²) in [5.41, 5.74) is 9.18. The zero-order valence-electron chi connectivity index (χ0n) is 15.3. The van der Waals surface area contributed by atoms with E-state index in [-0.39, 0.29) is 0 Å². The van der Waals surface area contributed by atoms with Crippen molar-refractivity contribution >= 4 is 11.6 Å². The van der Waals surface area contributed by atoms with Gasteiger partial charge in [0.25, 0.3) is 5.78 Å². The van der Waals surface area contributed by atoms with E-state index >= 15 is 0 Å². The van der Waals surface area contributed by atoms with Crippen LogP contribution in [0.25, 0.3) is 5.78 Å². The van der Waals surface area contributed by atoms with Crippen LogP contribution in [0.1, 0.15) is 36.6 Å². The van der Waals surface area contributed by atoms with Gasteiger partial charge < -0.3 is 4.90 Å². The number of rotatable bonds is 6. The Morgan fingerprint density at radius 3 is 2.92 bits per heavy atom. The maximum atomic E-state index is 4.40. The van der Waals surface area contributed by atoms with Gasteiger partial charge >= 0.3 is 0 Å². The van der Waals surface area contributed by atoms with Gasteiger partial charge in [0.1, 0.15) is 12.1 Å². The summed E-state index contributed by atoms with van der Waals surface area (Å²) >= 11 is 0. The summed E-state index contributed by atoms with van der Waals surface area (Å²) in [4.78, 5) is 10.8. The fourth-order valence-corrected chi connectivity index (χ4v) is 3.59. The van der Waals surface area contributed by atoms with E-state index in [0.717, 1.165) is 37.3 Å². The topological polar surface area (TPSA) is 70.4 Å². The molecule has 0 aliphatic carbocycles. The predicted molar refractivity (Wildman–Crippen MR) is 102 cm³/mol. The minimum atomic E-state index is 0.400. The van der Waals surface area contributed by atoms with Gasteiger partial charge in [-0.2, -0.15) is 14.6 Å². The van der Waals surface area contributed by atoms with Crippen LogP contribution in [-0.4, -0.2) is 39.2 Å². The molecule has 7 heteroatoms. The van der Waals surface area contributed by atoms with Gasteiger partial charge in [-0.1, -0.05) is 30.3 Å². The highest BCUT2D eigenvalue weighted by Gasteiger charge is 2.24. The molecule has 3 heterocycles. The minimum absolute atomic E-state index is 0.400. The summed E-state index contributed by atoms with van der Waals surface area (Å²) in [5.74, 6) is 1.68. The van der Waals surface area contributed by atoms with Crippen molar-refractivity contribution in [3.8, 4) is 0 Å². The maximum Gasteiger partial charge on any atom is 0.254 e. The third-order valence-electron chi connectivity index (χ3n) is 4.98. The summed E-state index contributed by atoms with van der Waals surface area (Å²) < 4.78 is 1.80. The Labute approximate surface area is 153 Å². The van der Waals surface area contributed by atoms with Gasteiger partial charge in [0.05, 0.1) is 0 Å². The first-order valence-corrected chi connectivity index (χ1v) is 9.15. The molecule has 26 heavy (non-hydrogen) atoms. The molecule has 1 fully saturated rings. The quantitative estimate of drug-likeness (QED) is 0.710. The van der Waals surface area contributed by atoms with Crippen molar-refractivity contribution in [1.82, 2.24) is 30.4 Å². The Morgan fingerprint density at radius 1 is 1.23 bits per heavy atom. The molecule has 2 N–H and O–H groups in total. The number of anilines is 1. The second-order valence-electron chi connectivity index (χ2n) is 6.98. The molecular formula is C19H25N7. The van der Waals surface area contributed by atoms with Crippen molar-refractivity contribution in [1.29, 1.82) is 0 Å². The lowest BCUT2D eigenvalue weighted by Gasteiger charge is -2.20. The molecule has 0 bridgehead atoms. The molecule has 0 amide bonds. The van der Waals surface area contributed by atoms with E-state index in [0.29, 0.717) is 17.9 Å². The summed E-state index contributed by atoms with van der Waals surface area (Å²) in [6.07, 6.45) is 4.91. The molecule has 2 atom stereocenters. The second kappa shape index (κ2) is 7.39. The first kappa shape index (κ1) is 16.9. The van der Waals surface area contributed by atoms with Gasteiger partial charge in [0.15, 0.2) is 0 Å². The van der Waals surface area contributed by atoms with Gasteiger partial charge in [-0.3, -0.25) is 10.9 Å².